The summed E-state index contributed by atoms with van der Waals surface area (Å²) in [6, 6.07) is 12.9. The summed E-state index contributed by atoms with van der Waals surface area (Å²) in [5, 5.41) is 2.64. The number of amides is 1. The van der Waals surface area contributed by atoms with Gasteiger partial charge in [0.05, 0.1) is 10.5 Å². The van der Waals surface area contributed by atoms with E-state index in [1.54, 1.807) is 12.1 Å². The molecule has 1 N–H and O–H groups in total. The molecule has 132 valence electrons. The largest absolute Gasteiger partial charge is 0.449 e. The van der Waals surface area contributed by atoms with E-state index < -0.39 is 27.8 Å². The van der Waals surface area contributed by atoms with E-state index in [4.69, 9.17) is 4.74 Å². The van der Waals surface area contributed by atoms with E-state index in [0.29, 0.717) is 5.69 Å². The Morgan fingerprint density at radius 1 is 1.04 bits per heavy atom. The van der Waals surface area contributed by atoms with Crippen LogP contribution in [-0.2, 0) is 19.4 Å². The highest BCUT2D eigenvalue weighted by atomic mass is 32.2. The van der Waals surface area contributed by atoms with Crippen LogP contribution in [0, 0.1) is 6.92 Å². The van der Waals surface area contributed by atoms with Crippen LogP contribution in [0.2, 0.25) is 0 Å². The number of rotatable bonds is 5. The van der Waals surface area contributed by atoms with Crippen LogP contribution in [0.5, 0.6) is 0 Å². The molecule has 6 nitrogen and oxygen atoms in total. The highest BCUT2D eigenvalue weighted by Crippen LogP contribution is 2.17. The molecule has 2 aromatic rings. The van der Waals surface area contributed by atoms with Crippen LogP contribution in [-0.4, -0.2) is 32.7 Å². The van der Waals surface area contributed by atoms with Gasteiger partial charge in [-0.2, -0.15) is 0 Å². The average Bonchev–Trinajstić information content (AvgIpc) is 2.56. The maximum absolute atomic E-state index is 12.3. The van der Waals surface area contributed by atoms with Crippen LogP contribution in [0.4, 0.5) is 5.69 Å². The van der Waals surface area contributed by atoms with Gasteiger partial charge in [-0.25, -0.2) is 13.2 Å². The Balaban J connectivity index is 2.10. The fourth-order valence-electron chi connectivity index (χ4n) is 2.12. The molecule has 0 spiro atoms. The van der Waals surface area contributed by atoms with Crippen molar-refractivity contribution in [3.63, 3.8) is 0 Å². The Hall–Kier alpha value is -2.67. The van der Waals surface area contributed by atoms with Crippen molar-refractivity contribution in [2.45, 2.75) is 24.8 Å². The second kappa shape index (κ2) is 7.48. The van der Waals surface area contributed by atoms with E-state index in [9.17, 15) is 18.0 Å². The molecule has 7 heteroatoms. The summed E-state index contributed by atoms with van der Waals surface area (Å²) in [7, 11) is -3.59. The van der Waals surface area contributed by atoms with Gasteiger partial charge in [-0.05, 0) is 38.1 Å². The number of hydrogen-bond acceptors (Lipinski definition) is 5. The number of ether oxygens (including phenoxy) is 1. The zero-order valence-electron chi connectivity index (χ0n) is 14.1. The van der Waals surface area contributed by atoms with Gasteiger partial charge in [-0.3, -0.25) is 4.79 Å². The van der Waals surface area contributed by atoms with Gasteiger partial charge in [0.1, 0.15) is 0 Å². The van der Waals surface area contributed by atoms with Gasteiger partial charge in [0, 0.05) is 11.9 Å². The topological polar surface area (TPSA) is 89.5 Å². The quantitative estimate of drug-likeness (QED) is 0.827. The van der Waals surface area contributed by atoms with Crippen molar-refractivity contribution in [2.75, 3.05) is 11.6 Å². The molecule has 0 saturated heterocycles. The fraction of sp³-hybridized carbons (Fsp3) is 0.222. The summed E-state index contributed by atoms with van der Waals surface area (Å²) in [6.45, 7) is 3.35. The average molecular weight is 361 g/mol. The van der Waals surface area contributed by atoms with E-state index in [0.717, 1.165) is 11.8 Å². The van der Waals surface area contributed by atoms with Crippen LogP contribution in [0.3, 0.4) is 0 Å². The van der Waals surface area contributed by atoms with E-state index in [-0.39, 0.29) is 10.5 Å². The maximum Gasteiger partial charge on any atom is 0.340 e. The van der Waals surface area contributed by atoms with Crippen LogP contribution >= 0.6 is 0 Å². The van der Waals surface area contributed by atoms with Crippen LogP contribution in [0.1, 0.15) is 22.8 Å². The van der Waals surface area contributed by atoms with Gasteiger partial charge >= 0.3 is 5.97 Å². The second-order valence-corrected chi connectivity index (χ2v) is 7.66. The summed E-state index contributed by atoms with van der Waals surface area (Å²) >= 11 is 0. The third-order valence-corrected chi connectivity index (χ3v) is 4.63. The molecule has 0 fully saturated rings. The van der Waals surface area contributed by atoms with Crippen molar-refractivity contribution < 1.29 is 22.7 Å². The van der Waals surface area contributed by atoms with Crippen molar-refractivity contribution in [3.05, 3.63) is 59.7 Å². The molecule has 2 aromatic carbocycles. The summed E-state index contributed by atoms with van der Waals surface area (Å²) in [5.41, 5.74) is 1.53. The Morgan fingerprint density at radius 2 is 1.64 bits per heavy atom. The van der Waals surface area contributed by atoms with Crippen molar-refractivity contribution in [1.29, 1.82) is 0 Å². The molecular formula is C18H19NO5S. The number of anilines is 1. The van der Waals surface area contributed by atoms with Crippen molar-refractivity contribution in [3.8, 4) is 0 Å². The lowest BCUT2D eigenvalue weighted by molar-refractivity contribution is -0.123. The van der Waals surface area contributed by atoms with Gasteiger partial charge in [0.15, 0.2) is 15.9 Å². The van der Waals surface area contributed by atoms with E-state index in [1.807, 2.05) is 19.1 Å². The monoisotopic (exact) mass is 361 g/mol. The Labute approximate surface area is 146 Å². The third kappa shape index (κ3) is 4.90. The molecule has 0 saturated carbocycles. The lowest BCUT2D eigenvalue weighted by Gasteiger charge is -2.14. The Morgan fingerprint density at radius 3 is 2.24 bits per heavy atom. The number of carbonyl (C=O) groups is 2. The molecule has 1 atom stereocenters. The molecule has 0 aliphatic carbocycles. The van der Waals surface area contributed by atoms with E-state index in [1.165, 1.54) is 31.2 Å². The first-order valence-corrected chi connectivity index (χ1v) is 9.45. The molecule has 2 rings (SSSR count). The molecular weight excluding hydrogens is 342 g/mol. The molecule has 0 bridgehead atoms. The van der Waals surface area contributed by atoms with E-state index >= 15 is 0 Å². The minimum absolute atomic E-state index is 0.0972. The van der Waals surface area contributed by atoms with Crippen LogP contribution in [0.15, 0.2) is 53.4 Å². The van der Waals surface area contributed by atoms with Gasteiger partial charge < -0.3 is 10.1 Å². The van der Waals surface area contributed by atoms with Crippen molar-refractivity contribution in [2.24, 2.45) is 0 Å². The van der Waals surface area contributed by atoms with Gasteiger partial charge in [0.25, 0.3) is 5.91 Å². The number of carbonyl (C=O) groups excluding carboxylic acids is 2. The highest BCUT2D eigenvalue weighted by molar-refractivity contribution is 7.90. The Kier molecular flexibility index (Phi) is 5.58. The molecule has 0 radical (unpaired) electrons. The van der Waals surface area contributed by atoms with Gasteiger partial charge in [-0.15, -0.1) is 0 Å². The lowest BCUT2D eigenvalue weighted by Crippen LogP contribution is -2.30. The highest BCUT2D eigenvalue weighted by Gasteiger charge is 2.23. The number of esters is 1. The molecule has 1 unspecified atom stereocenters. The molecule has 0 heterocycles. The predicted molar refractivity (Wildman–Crippen MR) is 94.2 cm³/mol. The SMILES string of the molecule is Cc1ccc(NC(=O)C(C)OC(=O)c2ccccc2S(C)(=O)=O)cc1. The molecule has 0 aliphatic heterocycles. The van der Waals surface area contributed by atoms with Crippen LogP contribution < -0.4 is 5.32 Å². The first-order chi connectivity index (χ1) is 11.7. The zero-order chi connectivity index (χ0) is 18.6. The summed E-state index contributed by atoms with van der Waals surface area (Å²) in [5.74, 6) is -1.37. The number of sulfone groups is 1. The predicted octanol–water partition coefficient (Wildman–Crippen LogP) is 2.58. The first-order valence-electron chi connectivity index (χ1n) is 7.56. The fourth-order valence-corrected chi connectivity index (χ4v) is 2.99. The molecule has 1 amide bonds. The summed E-state index contributed by atoms with van der Waals surface area (Å²) in [6.07, 6.45) is -0.0754. The molecule has 0 aliphatic rings. The van der Waals surface area contributed by atoms with Crippen molar-refractivity contribution in [1.82, 2.24) is 0 Å². The zero-order valence-corrected chi connectivity index (χ0v) is 15.0. The van der Waals surface area contributed by atoms with Gasteiger partial charge in [0.2, 0.25) is 0 Å². The number of nitrogens with one attached hydrogen (secondary N) is 1. The lowest BCUT2D eigenvalue weighted by atomic mass is 10.2. The van der Waals surface area contributed by atoms with Crippen molar-refractivity contribution >= 4 is 27.4 Å². The number of aryl methyl sites for hydroxylation is 1. The number of hydrogen-bond donors (Lipinski definition) is 1. The minimum Gasteiger partial charge on any atom is -0.449 e. The first kappa shape index (κ1) is 18.7. The number of benzene rings is 2. The third-order valence-electron chi connectivity index (χ3n) is 3.48. The summed E-state index contributed by atoms with van der Waals surface area (Å²) < 4.78 is 28.6. The van der Waals surface area contributed by atoms with E-state index in [2.05, 4.69) is 5.32 Å². The summed E-state index contributed by atoms with van der Waals surface area (Å²) in [4.78, 5) is 24.3. The second-order valence-electron chi connectivity index (χ2n) is 5.67. The normalized spacial score (nSPS) is 12.3. The maximum atomic E-state index is 12.3. The standard InChI is InChI=1S/C18H19NO5S/c1-12-8-10-14(11-9-12)19-17(20)13(2)24-18(21)15-6-4-5-7-16(15)25(3,22)23/h4-11,13H,1-3H3,(H,19,20). The smallest absolute Gasteiger partial charge is 0.340 e. The molecule has 0 aromatic heterocycles. The molecule has 25 heavy (non-hydrogen) atoms. The van der Waals surface area contributed by atoms with Crippen LogP contribution in [0.25, 0.3) is 0 Å². The minimum atomic E-state index is -3.59. The Bertz CT molecular complexity index is 888. The van der Waals surface area contributed by atoms with Gasteiger partial charge in [-0.1, -0.05) is 29.8 Å².